The summed E-state index contributed by atoms with van der Waals surface area (Å²) in [5.41, 5.74) is 0. The summed E-state index contributed by atoms with van der Waals surface area (Å²) < 4.78 is 0. The molecule has 0 atom stereocenters. The third-order valence-corrected chi connectivity index (χ3v) is 0. The summed E-state index contributed by atoms with van der Waals surface area (Å²) in [7, 11) is 0. The van der Waals surface area contributed by atoms with Crippen LogP contribution in [-0.4, -0.2) is 21.9 Å². The smallest absolute Gasteiger partial charge is 0.0149 e. The van der Waals surface area contributed by atoms with Crippen LogP contribution in [0.2, 0.25) is 0 Å². The van der Waals surface area contributed by atoms with Gasteiger partial charge in [-0.25, -0.2) is 0 Å². The zero-order chi connectivity index (χ0) is 0. The molecule has 0 N–H and O–H groups in total. The van der Waals surface area contributed by atoms with E-state index < -0.39 is 0 Å². The van der Waals surface area contributed by atoms with Crippen molar-refractivity contribution in [3.8, 4) is 0 Å². The molecule has 0 aliphatic rings. The SMILES string of the molecule is C.C.C.C.[SiH4].[SiH4]. The van der Waals surface area contributed by atoms with Crippen molar-refractivity contribution in [1.29, 1.82) is 0 Å². The fourth-order valence-electron chi connectivity index (χ4n) is 0. The Bertz CT molecular complexity index is 5.51. The van der Waals surface area contributed by atoms with E-state index in [4.69, 9.17) is 0 Å². The molecule has 48 valence electrons. The van der Waals surface area contributed by atoms with E-state index in [1.165, 1.54) is 0 Å². The fraction of sp³-hybridized carbons (Fsp3) is 1.00. The van der Waals surface area contributed by atoms with E-state index in [1.54, 1.807) is 0 Å². The molecule has 0 saturated carbocycles. The molecule has 2 heteroatoms. The first kappa shape index (κ1) is 1010. The van der Waals surface area contributed by atoms with Crippen molar-refractivity contribution < 1.29 is 0 Å². The van der Waals surface area contributed by atoms with Gasteiger partial charge in [0.2, 0.25) is 0 Å². The lowest BCUT2D eigenvalue weighted by atomic mass is 12.0. The summed E-state index contributed by atoms with van der Waals surface area (Å²) in [4.78, 5) is 0. The molecule has 0 aliphatic carbocycles. The van der Waals surface area contributed by atoms with Crippen LogP contribution in [0.25, 0.3) is 0 Å². The second kappa shape index (κ2) is 568. The highest BCUT2D eigenvalue weighted by Gasteiger charge is -0.0137. The minimum Gasteiger partial charge on any atom is -0.0776 e. The number of hydrogen-bond donors (Lipinski definition) is 0. The zero-order valence-corrected chi connectivity index (χ0v) is 0. The average Bonchev–Trinajstić information content (AvgIpc) is 0. The van der Waals surface area contributed by atoms with Crippen LogP contribution in [0.5, 0.6) is 0 Å². The summed E-state index contributed by atoms with van der Waals surface area (Å²) >= 11 is 0. The molecule has 0 saturated heterocycles. The molecule has 0 aromatic carbocycles. The largest absolute Gasteiger partial charge is 0.0776 e. The minimum absolute atomic E-state index is 0. The van der Waals surface area contributed by atoms with Gasteiger partial charge in [0.15, 0.2) is 0 Å². The van der Waals surface area contributed by atoms with Crippen LogP contribution in [0, 0.1) is 0 Å². The predicted octanol–water partition coefficient (Wildman–Crippen LogP) is -0.359. The summed E-state index contributed by atoms with van der Waals surface area (Å²) in [6.07, 6.45) is 0. The maximum atomic E-state index is 0. The van der Waals surface area contributed by atoms with Crippen molar-refractivity contribution in [3.63, 3.8) is 0 Å². The van der Waals surface area contributed by atoms with Crippen molar-refractivity contribution in [3.05, 3.63) is 0 Å². The Kier molecular flexibility index (Phi) is 95500. The molecule has 0 rings (SSSR count). The van der Waals surface area contributed by atoms with E-state index in [2.05, 4.69) is 0 Å². The van der Waals surface area contributed by atoms with Gasteiger partial charge in [0, 0.05) is 0 Å². The standard InChI is InChI=1S/4CH4.2H4Si/h6*1H4. The predicted molar refractivity (Wildman–Crippen MR) is 49.6 cm³/mol. The first-order chi connectivity index (χ1) is 0. The number of rotatable bonds is 0. The Morgan fingerprint density at radius 3 is 0.333 bits per heavy atom. The monoisotopic (exact) mass is 128 g/mol. The van der Waals surface area contributed by atoms with Gasteiger partial charge in [0.1, 0.15) is 0 Å². The molecule has 0 aliphatic heterocycles. The lowest BCUT2D eigenvalue weighted by Crippen LogP contribution is -0.382. The molecule has 0 nitrogen and oxygen atoms in total. The van der Waals surface area contributed by atoms with Crippen LogP contribution >= 0.6 is 0 Å². The topological polar surface area (TPSA) is 0 Å². The van der Waals surface area contributed by atoms with Crippen molar-refractivity contribution in [2.75, 3.05) is 0 Å². The van der Waals surface area contributed by atoms with Gasteiger partial charge < -0.3 is 0 Å². The van der Waals surface area contributed by atoms with E-state index in [0.717, 1.165) is 0 Å². The van der Waals surface area contributed by atoms with Gasteiger partial charge in [-0.2, -0.15) is 0 Å². The minimum atomic E-state index is 0. The first-order valence-electron chi connectivity index (χ1n) is 0. The molecule has 0 aromatic heterocycles. The van der Waals surface area contributed by atoms with Gasteiger partial charge in [-0.15, -0.1) is 0 Å². The van der Waals surface area contributed by atoms with Crippen molar-refractivity contribution in [1.82, 2.24) is 0 Å². The molecule has 0 amide bonds. The molecule has 0 spiro atoms. The van der Waals surface area contributed by atoms with Gasteiger partial charge in [-0.05, 0) is 21.9 Å². The van der Waals surface area contributed by atoms with E-state index in [0.29, 0.717) is 0 Å². The third-order valence-electron chi connectivity index (χ3n) is 0. The summed E-state index contributed by atoms with van der Waals surface area (Å²) in [6, 6.07) is 0. The summed E-state index contributed by atoms with van der Waals surface area (Å²) in [6.45, 7) is 0. The maximum absolute atomic E-state index is 0. The van der Waals surface area contributed by atoms with E-state index >= 15 is 0 Å². The summed E-state index contributed by atoms with van der Waals surface area (Å²) in [5.74, 6) is 0. The highest BCUT2D eigenvalue weighted by atomic mass is 28.1. The number of hydrogen-bond acceptors (Lipinski definition) is 0. The fourth-order valence-corrected chi connectivity index (χ4v) is 0. The Balaban J connectivity index is 0. The third kappa shape index (κ3) is 278. The second-order valence-corrected chi connectivity index (χ2v) is 0. The van der Waals surface area contributed by atoms with Crippen LogP contribution < -0.4 is 0 Å². The highest BCUT2D eigenvalue weighted by molar-refractivity contribution is 5.76. The Morgan fingerprint density at radius 2 is 0.333 bits per heavy atom. The molecular weight excluding hydrogens is 104 g/mol. The molecule has 0 unspecified atom stereocenters. The molecule has 0 fully saturated rings. The molecule has 0 radical (unpaired) electrons. The molecule has 0 heterocycles. The molecule has 6 heavy (non-hydrogen) atoms. The van der Waals surface area contributed by atoms with Crippen LogP contribution in [0.15, 0.2) is 0 Å². The normalized spacial score (nSPS) is 0. The zero-order valence-electron chi connectivity index (χ0n) is 0. The Labute approximate surface area is 52.4 Å². The van der Waals surface area contributed by atoms with Crippen LogP contribution in [-0.2, 0) is 0 Å². The first-order valence-corrected chi connectivity index (χ1v) is 0. The second-order valence-electron chi connectivity index (χ2n) is 0. The lowest BCUT2D eigenvalue weighted by Gasteiger charge is -0.0786. The van der Waals surface area contributed by atoms with Gasteiger partial charge in [0.05, 0.1) is 0 Å². The summed E-state index contributed by atoms with van der Waals surface area (Å²) in [5, 5.41) is 0. The van der Waals surface area contributed by atoms with E-state index in [9.17, 15) is 0 Å². The van der Waals surface area contributed by atoms with Crippen molar-refractivity contribution in [2.24, 2.45) is 0 Å². The van der Waals surface area contributed by atoms with Crippen molar-refractivity contribution in [2.45, 2.75) is 29.7 Å². The van der Waals surface area contributed by atoms with Gasteiger partial charge in [-0.3, -0.25) is 0 Å². The van der Waals surface area contributed by atoms with Gasteiger partial charge in [0.25, 0.3) is 0 Å². The van der Waals surface area contributed by atoms with Crippen LogP contribution in [0.4, 0.5) is 0 Å². The molecular formula is C4H24Si2. The van der Waals surface area contributed by atoms with Crippen LogP contribution in [0.3, 0.4) is 0 Å². The lowest BCUT2D eigenvalue weighted by molar-refractivity contribution is 2.50. The Hall–Kier alpha value is 0.434. The van der Waals surface area contributed by atoms with Gasteiger partial charge >= 0.3 is 0 Å². The molecule has 0 bridgehead atoms. The van der Waals surface area contributed by atoms with E-state index in [-0.39, 0.29) is 51.6 Å². The van der Waals surface area contributed by atoms with Crippen molar-refractivity contribution >= 4 is 21.9 Å². The molecule has 0 aromatic rings. The van der Waals surface area contributed by atoms with E-state index in [1.807, 2.05) is 0 Å². The quantitative estimate of drug-likeness (QED) is 0.391. The highest BCUT2D eigenvalue weighted by Crippen LogP contribution is 0.147. The average molecular weight is 128 g/mol. The van der Waals surface area contributed by atoms with Crippen LogP contribution in [0.1, 0.15) is 29.7 Å². The maximum Gasteiger partial charge on any atom is -0.0149 e. The van der Waals surface area contributed by atoms with Gasteiger partial charge in [-0.1, -0.05) is 29.7 Å². The Morgan fingerprint density at radius 1 is 0.333 bits per heavy atom.